The lowest BCUT2D eigenvalue weighted by atomic mass is 10.1. The second-order valence-electron chi connectivity index (χ2n) is 5.37. The minimum absolute atomic E-state index is 0.142. The number of hydrogen-bond acceptors (Lipinski definition) is 5. The highest BCUT2D eigenvalue weighted by Gasteiger charge is 2.24. The van der Waals surface area contributed by atoms with Crippen molar-refractivity contribution < 1.29 is 14.3 Å². The number of carbonyl (C=O) groups is 1. The van der Waals surface area contributed by atoms with Crippen LogP contribution in [0.4, 0.5) is 0 Å². The van der Waals surface area contributed by atoms with Crippen molar-refractivity contribution >= 4 is 5.97 Å². The fourth-order valence-corrected chi connectivity index (χ4v) is 2.30. The summed E-state index contributed by atoms with van der Waals surface area (Å²) in [5, 5.41) is 3.29. The monoisotopic (exact) mass is 272 g/mol. The van der Waals surface area contributed by atoms with Crippen molar-refractivity contribution in [1.82, 2.24) is 10.2 Å². The molecule has 2 atom stereocenters. The van der Waals surface area contributed by atoms with Gasteiger partial charge in [0.25, 0.3) is 0 Å². The molecule has 0 aromatic heterocycles. The number of rotatable bonds is 7. The van der Waals surface area contributed by atoms with Gasteiger partial charge in [0.1, 0.15) is 6.04 Å². The van der Waals surface area contributed by atoms with Gasteiger partial charge < -0.3 is 14.8 Å². The Balaban J connectivity index is 2.44. The first kappa shape index (κ1) is 16.4. The topological polar surface area (TPSA) is 50.8 Å². The predicted molar refractivity (Wildman–Crippen MR) is 75.2 cm³/mol. The molecule has 0 amide bonds. The van der Waals surface area contributed by atoms with E-state index in [1.54, 1.807) is 0 Å². The van der Waals surface area contributed by atoms with Crippen LogP contribution in [0.3, 0.4) is 0 Å². The summed E-state index contributed by atoms with van der Waals surface area (Å²) in [5.41, 5.74) is 0. The third-order valence-electron chi connectivity index (χ3n) is 3.32. The maximum atomic E-state index is 11.9. The molecule has 0 radical (unpaired) electrons. The highest BCUT2D eigenvalue weighted by atomic mass is 16.5. The Kier molecular flexibility index (Phi) is 7.34. The van der Waals surface area contributed by atoms with Gasteiger partial charge in [-0.25, -0.2) is 0 Å². The van der Waals surface area contributed by atoms with E-state index in [9.17, 15) is 4.79 Å². The van der Waals surface area contributed by atoms with E-state index in [-0.39, 0.29) is 18.1 Å². The van der Waals surface area contributed by atoms with Crippen LogP contribution in [0.25, 0.3) is 0 Å². The first-order chi connectivity index (χ1) is 9.04. The molecule has 0 aromatic rings. The molecule has 0 saturated carbocycles. The molecule has 1 aliphatic rings. The number of esters is 1. The summed E-state index contributed by atoms with van der Waals surface area (Å²) in [5.74, 6) is -0.142. The zero-order valence-corrected chi connectivity index (χ0v) is 12.6. The molecule has 1 aliphatic heterocycles. The average Bonchev–Trinajstić information content (AvgIpc) is 2.36. The SMILES string of the molecule is CCOC(=O)C(CCN1CCOCC1C)NC(C)C. The van der Waals surface area contributed by atoms with Crippen molar-refractivity contribution in [2.24, 2.45) is 0 Å². The smallest absolute Gasteiger partial charge is 0.323 e. The molecule has 2 unspecified atom stereocenters. The van der Waals surface area contributed by atoms with Crippen LogP contribution < -0.4 is 5.32 Å². The highest BCUT2D eigenvalue weighted by Crippen LogP contribution is 2.08. The molecule has 1 N–H and O–H groups in total. The van der Waals surface area contributed by atoms with Gasteiger partial charge in [0.2, 0.25) is 0 Å². The number of nitrogens with one attached hydrogen (secondary N) is 1. The fourth-order valence-electron chi connectivity index (χ4n) is 2.30. The Hall–Kier alpha value is -0.650. The summed E-state index contributed by atoms with van der Waals surface area (Å²) < 4.78 is 10.5. The van der Waals surface area contributed by atoms with E-state index in [4.69, 9.17) is 9.47 Å². The summed E-state index contributed by atoms with van der Waals surface area (Å²) >= 11 is 0. The largest absolute Gasteiger partial charge is 0.465 e. The number of hydrogen-bond donors (Lipinski definition) is 1. The molecule has 112 valence electrons. The molecule has 0 aliphatic carbocycles. The molecule has 5 nitrogen and oxygen atoms in total. The maximum Gasteiger partial charge on any atom is 0.323 e. The maximum absolute atomic E-state index is 11.9. The van der Waals surface area contributed by atoms with Crippen molar-refractivity contribution in [3.63, 3.8) is 0 Å². The van der Waals surface area contributed by atoms with Crippen LogP contribution in [-0.2, 0) is 14.3 Å². The quantitative estimate of drug-likeness (QED) is 0.702. The van der Waals surface area contributed by atoms with Crippen LogP contribution in [0, 0.1) is 0 Å². The van der Waals surface area contributed by atoms with Gasteiger partial charge >= 0.3 is 5.97 Å². The Morgan fingerprint density at radius 1 is 1.53 bits per heavy atom. The van der Waals surface area contributed by atoms with E-state index in [1.807, 2.05) is 20.8 Å². The Bertz CT molecular complexity index is 271. The molecule has 5 heteroatoms. The van der Waals surface area contributed by atoms with Crippen LogP contribution in [-0.4, -0.2) is 61.9 Å². The van der Waals surface area contributed by atoms with Crippen molar-refractivity contribution in [1.29, 1.82) is 0 Å². The van der Waals surface area contributed by atoms with Crippen molar-refractivity contribution in [3.05, 3.63) is 0 Å². The van der Waals surface area contributed by atoms with Gasteiger partial charge in [-0.15, -0.1) is 0 Å². The van der Waals surface area contributed by atoms with Crippen LogP contribution in [0.1, 0.15) is 34.1 Å². The van der Waals surface area contributed by atoms with Crippen LogP contribution in [0.15, 0.2) is 0 Å². The van der Waals surface area contributed by atoms with Gasteiger partial charge in [0, 0.05) is 25.2 Å². The molecule has 19 heavy (non-hydrogen) atoms. The van der Waals surface area contributed by atoms with Gasteiger partial charge in [0.05, 0.1) is 19.8 Å². The van der Waals surface area contributed by atoms with Crippen LogP contribution in [0.2, 0.25) is 0 Å². The van der Waals surface area contributed by atoms with Gasteiger partial charge in [-0.2, -0.15) is 0 Å². The number of morpholine rings is 1. The van der Waals surface area contributed by atoms with Gasteiger partial charge in [-0.1, -0.05) is 13.8 Å². The first-order valence-electron chi connectivity index (χ1n) is 7.29. The van der Waals surface area contributed by atoms with E-state index < -0.39 is 0 Å². The lowest BCUT2D eigenvalue weighted by Crippen LogP contribution is -2.48. The van der Waals surface area contributed by atoms with Crippen LogP contribution in [0.5, 0.6) is 0 Å². The Morgan fingerprint density at radius 3 is 2.84 bits per heavy atom. The van der Waals surface area contributed by atoms with Gasteiger partial charge in [-0.3, -0.25) is 9.69 Å². The molecule has 0 aromatic carbocycles. The molecule has 0 spiro atoms. The predicted octanol–water partition coefficient (Wildman–Crippen LogP) is 1.03. The molecule has 1 heterocycles. The molecule has 1 saturated heterocycles. The lowest BCUT2D eigenvalue weighted by Gasteiger charge is -2.34. The molecular weight excluding hydrogens is 244 g/mol. The second-order valence-corrected chi connectivity index (χ2v) is 5.37. The van der Waals surface area contributed by atoms with Gasteiger partial charge in [0.15, 0.2) is 0 Å². The van der Waals surface area contributed by atoms with E-state index in [1.165, 1.54) is 0 Å². The Morgan fingerprint density at radius 2 is 2.26 bits per heavy atom. The third-order valence-corrected chi connectivity index (χ3v) is 3.32. The summed E-state index contributed by atoms with van der Waals surface area (Å²) in [7, 11) is 0. The molecule has 1 fully saturated rings. The Labute approximate surface area is 116 Å². The fraction of sp³-hybridized carbons (Fsp3) is 0.929. The zero-order valence-electron chi connectivity index (χ0n) is 12.6. The first-order valence-corrected chi connectivity index (χ1v) is 7.29. The number of nitrogens with zero attached hydrogens (tertiary/aromatic N) is 1. The van der Waals surface area contributed by atoms with Crippen molar-refractivity contribution in [2.75, 3.05) is 32.9 Å². The van der Waals surface area contributed by atoms with Crippen molar-refractivity contribution in [2.45, 2.75) is 52.2 Å². The van der Waals surface area contributed by atoms with Crippen molar-refractivity contribution in [3.8, 4) is 0 Å². The number of carbonyl (C=O) groups excluding carboxylic acids is 1. The lowest BCUT2D eigenvalue weighted by molar-refractivity contribution is -0.146. The highest BCUT2D eigenvalue weighted by molar-refractivity contribution is 5.75. The van der Waals surface area contributed by atoms with Crippen LogP contribution >= 0.6 is 0 Å². The van der Waals surface area contributed by atoms with Gasteiger partial charge in [-0.05, 0) is 20.3 Å². The second kappa shape index (κ2) is 8.51. The van der Waals surface area contributed by atoms with E-state index in [2.05, 4.69) is 17.1 Å². The summed E-state index contributed by atoms with van der Waals surface area (Å²) in [4.78, 5) is 14.3. The average molecular weight is 272 g/mol. The summed E-state index contributed by atoms with van der Waals surface area (Å²) in [6.07, 6.45) is 0.779. The molecule has 1 rings (SSSR count). The minimum Gasteiger partial charge on any atom is -0.465 e. The standard InChI is InChI=1S/C14H28N2O3/c1-5-19-14(17)13(15-11(2)3)6-7-16-8-9-18-10-12(16)4/h11-13,15H,5-10H2,1-4H3. The van der Waals surface area contributed by atoms with E-state index >= 15 is 0 Å². The zero-order chi connectivity index (χ0) is 14.3. The molecular formula is C14H28N2O3. The molecule has 0 bridgehead atoms. The summed E-state index contributed by atoms with van der Waals surface area (Å²) in [6, 6.07) is 0.488. The van der Waals surface area contributed by atoms with E-state index in [0.717, 1.165) is 32.7 Å². The number of ether oxygens (including phenoxy) is 2. The minimum atomic E-state index is -0.213. The van der Waals surface area contributed by atoms with E-state index in [0.29, 0.717) is 12.6 Å². The normalized spacial score (nSPS) is 22.5. The third kappa shape index (κ3) is 5.89. The summed E-state index contributed by atoms with van der Waals surface area (Å²) in [6.45, 7) is 11.9.